The monoisotopic (exact) mass is 244 g/mol. The normalized spacial score (nSPS) is 10.6. The number of rotatable bonds is 1. The third-order valence-corrected chi connectivity index (χ3v) is 3.17. The molecule has 0 unspecified atom stereocenters. The summed E-state index contributed by atoms with van der Waals surface area (Å²) in [5.74, 6) is -0.498. The van der Waals surface area contributed by atoms with Crippen LogP contribution in [-0.4, -0.2) is 15.3 Å². The summed E-state index contributed by atoms with van der Waals surface area (Å²) < 4.78 is 0. The lowest BCUT2D eigenvalue weighted by Crippen LogP contribution is -1.88. The summed E-state index contributed by atoms with van der Waals surface area (Å²) in [6, 6.07) is 7.28. The van der Waals surface area contributed by atoms with Crippen LogP contribution in [-0.2, 0) is 0 Å². The predicted octanol–water partition coefficient (Wildman–Crippen LogP) is 3.40. The highest BCUT2D eigenvalue weighted by atomic mass is 16.3. The lowest BCUT2D eigenvalue weighted by atomic mass is 9.95. The lowest BCUT2D eigenvalue weighted by molar-refractivity contribution is 0.393. The van der Waals surface area contributed by atoms with Gasteiger partial charge in [-0.1, -0.05) is 23.8 Å². The molecule has 3 nitrogen and oxygen atoms in total. The molecule has 0 amide bonds. The molecule has 3 N–H and O–H groups in total. The van der Waals surface area contributed by atoms with Crippen molar-refractivity contribution in [1.82, 2.24) is 0 Å². The second-order valence-electron chi connectivity index (χ2n) is 4.58. The Morgan fingerprint density at radius 2 is 1.44 bits per heavy atom. The van der Waals surface area contributed by atoms with Crippen LogP contribution in [0, 0.1) is 20.8 Å². The lowest BCUT2D eigenvalue weighted by Gasteiger charge is -2.13. The van der Waals surface area contributed by atoms with Crippen molar-refractivity contribution in [2.45, 2.75) is 20.8 Å². The Morgan fingerprint density at radius 3 is 2.11 bits per heavy atom. The maximum absolute atomic E-state index is 10.1. The predicted molar refractivity (Wildman–Crippen MR) is 71.1 cm³/mol. The zero-order valence-corrected chi connectivity index (χ0v) is 10.7. The minimum atomic E-state index is -0.276. The van der Waals surface area contributed by atoms with Gasteiger partial charge in [0, 0.05) is 11.1 Å². The molecule has 18 heavy (non-hydrogen) atoms. The van der Waals surface area contributed by atoms with E-state index in [9.17, 15) is 15.3 Å². The Bertz CT molecular complexity index is 616. The standard InChI is InChI=1S/C15H16O3/c1-8-4-5-9(2)11(6-8)12-7-13(16)15(18)10(3)14(12)17/h4-7,16-18H,1-3H3. The Balaban J connectivity index is 2.75. The molecule has 0 aliphatic heterocycles. The number of benzene rings is 2. The molecule has 0 fully saturated rings. The molecule has 2 aromatic carbocycles. The van der Waals surface area contributed by atoms with Gasteiger partial charge in [0.1, 0.15) is 5.75 Å². The minimum Gasteiger partial charge on any atom is -0.507 e. The van der Waals surface area contributed by atoms with Crippen LogP contribution >= 0.6 is 0 Å². The summed E-state index contributed by atoms with van der Waals surface area (Å²) in [6.45, 7) is 5.47. The van der Waals surface area contributed by atoms with Gasteiger partial charge in [0.05, 0.1) is 0 Å². The second kappa shape index (κ2) is 4.26. The van der Waals surface area contributed by atoms with E-state index in [1.54, 1.807) is 6.92 Å². The fraction of sp³-hybridized carbons (Fsp3) is 0.200. The molecule has 2 aromatic rings. The topological polar surface area (TPSA) is 60.7 Å². The maximum Gasteiger partial charge on any atom is 0.164 e. The van der Waals surface area contributed by atoms with Crippen LogP contribution in [0.5, 0.6) is 17.2 Å². The molecular formula is C15H16O3. The first-order valence-corrected chi connectivity index (χ1v) is 5.74. The number of aryl methyl sites for hydroxylation is 2. The van der Waals surface area contributed by atoms with Crippen LogP contribution in [0.1, 0.15) is 16.7 Å². The largest absolute Gasteiger partial charge is 0.507 e. The average Bonchev–Trinajstić information content (AvgIpc) is 2.34. The summed E-state index contributed by atoms with van der Waals surface area (Å²) in [5, 5.41) is 29.3. The van der Waals surface area contributed by atoms with Crippen LogP contribution < -0.4 is 0 Å². The van der Waals surface area contributed by atoms with Gasteiger partial charge in [-0.05, 0) is 38.0 Å². The summed E-state index contributed by atoms with van der Waals surface area (Å²) >= 11 is 0. The number of phenolic OH excluding ortho intramolecular Hbond substituents is 3. The Kier molecular flexibility index (Phi) is 2.91. The van der Waals surface area contributed by atoms with Gasteiger partial charge in [0.25, 0.3) is 0 Å². The van der Waals surface area contributed by atoms with E-state index in [1.807, 2.05) is 32.0 Å². The van der Waals surface area contributed by atoms with Crippen molar-refractivity contribution >= 4 is 0 Å². The first kappa shape index (κ1) is 12.3. The van der Waals surface area contributed by atoms with Gasteiger partial charge in [-0.3, -0.25) is 0 Å². The van der Waals surface area contributed by atoms with Gasteiger partial charge in [-0.25, -0.2) is 0 Å². The molecule has 2 rings (SSSR count). The quantitative estimate of drug-likeness (QED) is 0.532. The maximum atomic E-state index is 10.1. The van der Waals surface area contributed by atoms with Crippen molar-refractivity contribution in [2.75, 3.05) is 0 Å². The average molecular weight is 244 g/mol. The van der Waals surface area contributed by atoms with Gasteiger partial charge >= 0.3 is 0 Å². The molecule has 0 heterocycles. The van der Waals surface area contributed by atoms with E-state index in [-0.39, 0.29) is 22.8 Å². The highest BCUT2D eigenvalue weighted by Crippen LogP contribution is 2.43. The van der Waals surface area contributed by atoms with Crippen LogP contribution in [0.3, 0.4) is 0 Å². The summed E-state index contributed by atoms with van der Waals surface area (Å²) in [7, 11) is 0. The van der Waals surface area contributed by atoms with E-state index in [0.29, 0.717) is 5.56 Å². The molecule has 0 aromatic heterocycles. The molecule has 0 bridgehead atoms. The van der Waals surface area contributed by atoms with Crippen molar-refractivity contribution < 1.29 is 15.3 Å². The van der Waals surface area contributed by atoms with Gasteiger partial charge in [0.2, 0.25) is 0 Å². The zero-order chi connectivity index (χ0) is 13.4. The Labute approximate surface area is 106 Å². The minimum absolute atomic E-state index is 0.000926. The number of hydrogen-bond acceptors (Lipinski definition) is 3. The van der Waals surface area contributed by atoms with Gasteiger partial charge in [-0.15, -0.1) is 0 Å². The first-order valence-electron chi connectivity index (χ1n) is 5.74. The second-order valence-corrected chi connectivity index (χ2v) is 4.58. The van der Waals surface area contributed by atoms with E-state index >= 15 is 0 Å². The third-order valence-electron chi connectivity index (χ3n) is 3.17. The van der Waals surface area contributed by atoms with Gasteiger partial charge in [0.15, 0.2) is 11.5 Å². The third kappa shape index (κ3) is 1.88. The SMILES string of the molecule is Cc1ccc(C)c(-c2cc(O)c(O)c(C)c2O)c1. The Morgan fingerprint density at radius 1 is 0.778 bits per heavy atom. The van der Waals surface area contributed by atoms with Gasteiger partial charge < -0.3 is 15.3 Å². The highest BCUT2D eigenvalue weighted by molar-refractivity contribution is 5.78. The van der Waals surface area contributed by atoms with E-state index in [0.717, 1.165) is 16.7 Å². The van der Waals surface area contributed by atoms with Crippen molar-refractivity contribution in [3.63, 3.8) is 0 Å². The molecular weight excluding hydrogens is 228 g/mol. The number of phenols is 3. The van der Waals surface area contributed by atoms with Crippen LogP contribution in [0.15, 0.2) is 24.3 Å². The van der Waals surface area contributed by atoms with E-state index in [2.05, 4.69) is 0 Å². The molecule has 0 saturated heterocycles. The van der Waals surface area contributed by atoms with E-state index < -0.39 is 0 Å². The van der Waals surface area contributed by atoms with Crippen molar-refractivity contribution in [3.05, 3.63) is 41.0 Å². The Hall–Kier alpha value is -2.16. The molecule has 0 spiro atoms. The highest BCUT2D eigenvalue weighted by Gasteiger charge is 2.16. The fourth-order valence-corrected chi connectivity index (χ4v) is 2.01. The fourth-order valence-electron chi connectivity index (χ4n) is 2.01. The summed E-state index contributed by atoms with van der Waals surface area (Å²) in [5.41, 5.74) is 3.74. The molecule has 94 valence electrons. The van der Waals surface area contributed by atoms with Crippen LogP contribution in [0.2, 0.25) is 0 Å². The van der Waals surface area contributed by atoms with Crippen molar-refractivity contribution in [3.8, 4) is 28.4 Å². The van der Waals surface area contributed by atoms with Crippen molar-refractivity contribution in [1.29, 1.82) is 0 Å². The van der Waals surface area contributed by atoms with Gasteiger partial charge in [-0.2, -0.15) is 0 Å². The number of hydrogen-bond donors (Lipinski definition) is 3. The summed E-state index contributed by atoms with van der Waals surface area (Å²) in [4.78, 5) is 0. The zero-order valence-electron chi connectivity index (χ0n) is 10.7. The summed E-state index contributed by atoms with van der Waals surface area (Å²) in [6.07, 6.45) is 0. The smallest absolute Gasteiger partial charge is 0.164 e. The molecule has 0 aliphatic rings. The first-order chi connectivity index (χ1) is 8.41. The molecule has 0 atom stereocenters. The molecule has 0 radical (unpaired) electrons. The van der Waals surface area contributed by atoms with Crippen molar-refractivity contribution in [2.24, 2.45) is 0 Å². The molecule has 0 saturated carbocycles. The van der Waals surface area contributed by atoms with Crippen LogP contribution in [0.4, 0.5) is 0 Å². The molecule has 0 aliphatic carbocycles. The van der Waals surface area contributed by atoms with Crippen LogP contribution in [0.25, 0.3) is 11.1 Å². The molecule has 3 heteroatoms. The van der Waals surface area contributed by atoms with E-state index in [4.69, 9.17) is 0 Å². The van der Waals surface area contributed by atoms with E-state index in [1.165, 1.54) is 6.07 Å². The number of aromatic hydroxyl groups is 3.